The summed E-state index contributed by atoms with van der Waals surface area (Å²) in [6.07, 6.45) is 0.981. The summed E-state index contributed by atoms with van der Waals surface area (Å²) in [7, 11) is 0. The van der Waals surface area contributed by atoms with Gasteiger partial charge in [0.15, 0.2) is 5.78 Å². The monoisotopic (exact) mass is 365 g/mol. The normalized spacial score (nSPS) is 25.1. The summed E-state index contributed by atoms with van der Waals surface area (Å²) < 4.78 is 2.33. The highest BCUT2D eigenvalue weighted by atomic mass is 127. The van der Waals surface area contributed by atoms with Gasteiger partial charge in [-0.3, -0.25) is 9.63 Å². The fourth-order valence-electron chi connectivity index (χ4n) is 1.91. The highest BCUT2D eigenvalue weighted by Gasteiger charge is 2.37. The minimum Gasteiger partial charge on any atom is -0.298 e. The number of rotatable bonds is 3. The lowest BCUT2D eigenvalue weighted by Crippen LogP contribution is -2.27. The van der Waals surface area contributed by atoms with Crippen molar-refractivity contribution in [3.05, 3.63) is 33.4 Å². The van der Waals surface area contributed by atoms with Crippen LogP contribution >= 0.6 is 34.4 Å². The van der Waals surface area contributed by atoms with Gasteiger partial charge < -0.3 is 0 Å². The molecular formula is C12H13ClINO2. The minimum absolute atomic E-state index is 0.119. The Morgan fingerprint density at radius 3 is 3.06 bits per heavy atom. The molecule has 17 heavy (non-hydrogen) atoms. The molecule has 1 aromatic rings. The molecule has 92 valence electrons. The second-order valence-corrected chi connectivity index (χ2v) is 5.57. The van der Waals surface area contributed by atoms with E-state index < -0.39 is 0 Å². The SMILES string of the molecule is CCC(=O)C1CC(c2cccc(I)c2)ON1Cl. The third kappa shape index (κ3) is 2.99. The lowest BCUT2D eigenvalue weighted by atomic mass is 10.0. The van der Waals surface area contributed by atoms with Gasteiger partial charge in [-0.2, -0.15) is 0 Å². The van der Waals surface area contributed by atoms with Crippen molar-refractivity contribution in [2.24, 2.45) is 0 Å². The topological polar surface area (TPSA) is 29.5 Å². The van der Waals surface area contributed by atoms with E-state index in [1.54, 1.807) is 0 Å². The zero-order valence-corrected chi connectivity index (χ0v) is 12.3. The molecule has 0 aliphatic carbocycles. The molecule has 0 bridgehead atoms. The standard InChI is InChI=1S/C12H13ClINO2/c1-2-11(16)10-7-12(17-15(10)13)8-4-3-5-9(14)6-8/h3-6,10,12H,2,7H2,1H3. The van der Waals surface area contributed by atoms with Crippen LogP contribution in [0.4, 0.5) is 0 Å². The van der Waals surface area contributed by atoms with Gasteiger partial charge in [0.05, 0.1) is 0 Å². The highest BCUT2D eigenvalue weighted by Crippen LogP contribution is 2.35. The lowest BCUT2D eigenvalue weighted by Gasteiger charge is -2.11. The van der Waals surface area contributed by atoms with Crippen molar-refractivity contribution < 1.29 is 9.63 Å². The predicted molar refractivity (Wildman–Crippen MR) is 74.4 cm³/mol. The van der Waals surface area contributed by atoms with Crippen LogP contribution in [-0.4, -0.2) is 16.4 Å². The molecule has 3 nitrogen and oxygen atoms in total. The van der Waals surface area contributed by atoms with Crippen LogP contribution in [0, 0.1) is 3.57 Å². The number of Topliss-reactive ketones (excluding diaryl/α,β-unsaturated/α-hetero) is 1. The van der Waals surface area contributed by atoms with Crippen molar-refractivity contribution in [1.29, 1.82) is 0 Å². The van der Waals surface area contributed by atoms with Crippen molar-refractivity contribution in [3.8, 4) is 0 Å². The Bertz CT molecular complexity index is 427. The molecule has 2 atom stereocenters. The van der Waals surface area contributed by atoms with E-state index in [1.165, 1.54) is 4.58 Å². The number of carbonyl (C=O) groups excluding carboxylic acids is 1. The van der Waals surface area contributed by atoms with Gasteiger partial charge in [-0.15, -0.1) is 0 Å². The van der Waals surface area contributed by atoms with Gasteiger partial charge in [-0.1, -0.05) is 23.6 Å². The molecule has 0 N–H and O–H groups in total. The fourth-order valence-corrected chi connectivity index (χ4v) is 2.76. The van der Waals surface area contributed by atoms with Crippen LogP contribution in [0.2, 0.25) is 0 Å². The first-order valence-electron chi connectivity index (χ1n) is 5.51. The number of halogens is 2. The van der Waals surface area contributed by atoms with Crippen LogP contribution in [0.1, 0.15) is 31.4 Å². The van der Waals surface area contributed by atoms with Crippen LogP contribution in [0.5, 0.6) is 0 Å². The summed E-state index contributed by atoms with van der Waals surface area (Å²) in [5, 5.41) is 0. The van der Waals surface area contributed by atoms with Gasteiger partial charge >= 0.3 is 0 Å². The Hall–Kier alpha value is -0.170. The number of carbonyl (C=O) groups is 1. The fraction of sp³-hybridized carbons (Fsp3) is 0.417. The average molecular weight is 366 g/mol. The molecule has 5 heteroatoms. The highest BCUT2D eigenvalue weighted by molar-refractivity contribution is 14.1. The van der Waals surface area contributed by atoms with Crippen LogP contribution in [-0.2, 0) is 9.63 Å². The van der Waals surface area contributed by atoms with Crippen molar-refractivity contribution in [2.75, 3.05) is 0 Å². The van der Waals surface area contributed by atoms with Gasteiger partial charge in [0, 0.05) is 28.2 Å². The van der Waals surface area contributed by atoms with E-state index in [9.17, 15) is 4.79 Å². The van der Waals surface area contributed by atoms with Crippen LogP contribution in [0.3, 0.4) is 0 Å². The van der Waals surface area contributed by atoms with E-state index in [0.717, 1.165) is 9.13 Å². The Morgan fingerprint density at radius 2 is 2.41 bits per heavy atom. The van der Waals surface area contributed by atoms with Crippen molar-refractivity contribution in [3.63, 3.8) is 0 Å². The number of nitrogens with zero attached hydrogens (tertiary/aromatic N) is 1. The number of hydroxylamine groups is 1. The van der Waals surface area contributed by atoms with Crippen molar-refractivity contribution in [2.45, 2.75) is 31.9 Å². The molecule has 2 rings (SSSR count). The maximum Gasteiger partial charge on any atom is 0.153 e. The van der Waals surface area contributed by atoms with Gasteiger partial charge in [0.2, 0.25) is 0 Å². The van der Waals surface area contributed by atoms with Crippen molar-refractivity contribution in [1.82, 2.24) is 4.58 Å². The average Bonchev–Trinajstić information content (AvgIpc) is 2.70. The van der Waals surface area contributed by atoms with Crippen molar-refractivity contribution >= 4 is 40.2 Å². The smallest absolute Gasteiger partial charge is 0.153 e. The summed E-state index contributed by atoms with van der Waals surface area (Å²) in [5.74, 6) is 0.119. The largest absolute Gasteiger partial charge is 0.298 e. The van der Waals surface area contributed by atoms with E-state index in [1.807, 2.05) is 25.1 Å². The number of ketones is 1. The first-order chi connectivity index (χ1) is 8.11. The lowest BCUT2D eigenvalue weighted by molar-refractivity contribution is -0.132. The molecule has 2 unspecified atom stereocenters. The Labute approximate surface area is 119 Å². The molecule has 0 saturated carbocycles. The minimum atomic E-state index is -0.329. The zero-order chi connectivity index (χ0) is 12.4. The van der Waals surface area contributed by atoms with Gasteiger partial charge in [0.25, 0.3) is 0 Å². The first kappa shape index (κ1) is 13.3. The Kier molecular flexibility index (Phi) is 4.41. The Balaban J connectivity index is 2.13. The molecule has 1 fully saturated rings. The maximum absolute atomic E-state index is 11.7. The van der Waals surface area contributed by atoms with Crippen LogP contribution in [0.15, 0.2) is 24.3 Å². The summed E-state index contributed by atoms with van der Waals surface area (Å²) in [4.78, 5) is 17.2. The summed E-state index contributed by atoms with van der Waals surface area (Å²) in [6, 6.07) is 7.72. The van der Waals surface area contributed by atoms with Crippen LogP contribution in [0.25, 0.3) is 0 Å². The number of benzene rings is 1. The van der Waals surface area contributed by atoms with E-state index >= 15 is 0 Å². The molecule has 0 aromatic heterocycles. The zero-order valence-electron chi connectivity index (χ0n) is 9.40. The molecule has 1 heterocycles. The van der Waals surface area contributed by atoms with E-state index in [-0.39, 0.29) is 17.9 Å². The molecule has 0 spiro atoms. The first-order valence-corrected chi connectivity index (χ1v) is 6.93. The predicted octanol–water partition coefficient (Wildman–Crippen LogP) is 3.47. The van der Waals surface area contributed by atoms with Gasteiger partial charge in [0.1, 0.15) is 12.1 Å². The quantitative estimate of drug-likeness (QED) is 0.607. The summed E-state index contributed by atoms with van der Waals surface area (Å²) >= 11 is 8.18. The molecule has 1 saturated heterocycles. The molecule has 1 aromatic carbocycles. The third-order valence-corrected chi connectivity index (χ3v) is 3.84. The molecule has 1 aliphatic heterocycles. The van der Waals surface area contributed by atoms with E-state index in [0.29, 0.717) is 12.8 Å². The van der Waals surface area contributed by atoms with Gasteiger partial charge in [-0.25, -0.2) is 0 Å². The number of hydrogen-bond donors (Lipinski definition) is 0. The van der Waals surface area contributed by atoms with Crippen LogP contribution < -0.4 is 0 Å². The van der Waals surface area contributed by atoms with E-state index in [2.05, 4.69) is 28.7 Å². The Morgan fingerprint density at radius 1 is 1.65 bits per heavy atom. The maximum atomic E-state index is 11.7. The molecule has 0 amide bonds. The van der Waals surface area contributed by atoms with E-state index in [4.69, 9.17) is 16.6 Å². The second-order valence-electron chi connectivity index (χ2n) is 3.99. The number of hydrogen-bond acceptors (Lipinski definition) is 3. The second kappa shape index (κ2) is 5.65. The molecule has 1 aliphatic rings. The third-order valence-electron chi connectivity index (χ3n) is 2.85. The summed E-state index contributed by atoms with van der Waals surface area (Å²) in [5.41, 5.74) is 1.06. The summed E-state index contributed by atoms with van der Waals surface area (Å²) in [6.45, 7) is 1.84. The molecule has 0 radical (unpaired) electrons. The van der Waals surface area contributed by atoms with Gasteiger partial charge in [-0.05, 0) is 40.3 Å². The molecular weight excluding hydrogens is 352 g/mol.